The Morgan fingerprint density at radius 2 is 2.31 bits per heavy atom. The van der Waals surface area contributed by atoms with Crippen molar-refractivity contribution in [3.63, 3.8) is 0 Å². The lowest BCUT2D eigenvalue weighted by molar-refractivity contribution is -0.121. The van der Waals surface area contributed by atoms with E-state index in [1.807, 2.05) is 19.1 Å². The number of piperidine rings is 1. The predicted octanol–water partition coefficient (Wildman–Crippen LogP) is 3.17. The molecule has 1 fully saturated rings. The number of amides is 1. The number of likely N-dealkylation sites (tertiary alicyclic amines) is 1. The molecule has 1 amide bonds. The van der Waals surface area contributed by atoms with E-state index in [1.165, 1.54) is 5.56 Å². The third-order valence-electron chi connectivity index (χ3n) is 4.77. The van der Waals surface area contributed by atoms with Gasteiger partial charge in [-0.15, -0.1) is 0 Å². The summed E-state index contributed by atoms with van der Waals surface area (Å²) < 4.78 is 5.45. The number of rotatable bonds is 7. The fourth-order valence-corrected chi connectivity index (χ4v) is 3.45. The van der Waals surface area contributed by atoms with Gasteiger partial charge >= 0.3 is 0 Å². The molecule has 2 heterocycles. The van der Waals surface area contributed by atoms with Crippen molar-refractivity contribution in [2.45, 2.75) is 46.1 Å². The van der Waals surface area contributed by atoms with E-state index in [9.17, 15) is 4.79 Å². The van der Waals surface area contributed by atoms with Gasteiger partial charge in [0, 0.05) is 25.1 Å². The number of carbonyl (C=O) groups is 1. The van der Waals surface area contributed by atoms with Crippen LogP contribution >= 0.6 is 0 Å². The summed E-state index contributed by atoms with van der Waals surface area (Å²) in [4.78, 5) is 18.6. The van der Waals surface area contributed by atoms with Crippen LogP contribution in [0.2, 0.25) is 0 Å². The first-order valence-corrected chi connectivity index (χ1v) is 9.52. The maximum absolute atomic E-state index is 11.7. The Hall–Kier alpha value is -2.21. The van der Waals surface area contributed by atoms with Crippen LogP contribution in [0.5, 0.6) is 0 Å². The molecule has 1 aromatic carbocycles. The van der Waals surface area contributed by atoms with Gasteiger partial charge in [0.2, 0.25) is 17.6 Å². The Balaban J connectivity index is 1.53. The van der Waals surface area contributed by atoms with E-state index in [0.29, 0.717) is 30.6 Å². The van der Waals surface area contributed by atoms with Gasteiger partial charge in [-0.3, -0.25) is 9.69 Å². The molecule has 26 heavy (non-hydrogen) atoms. The van der Waals surface area contributed by atoms with E-state index in [1.54, 1.807) is 0 Å². The zero-order valence-corrected chi connectivity index (χ0v) is 15.7. The highest BCUT2D eigenvalue weighted by Gasteiger charge is 2.22. The molecule has 0 radical (unpaired) electrons. The van der Waals surface area contributed by atoms with Gasteiger partial charge in [0.25, 0.3) is 0 Å². The van der Waals surface area contributed by atoms with Crippen molar-refractivity contribution in [3.8, 4) is 11.4 Å². The fraction of sp³-hybridized carbons (Fsp3) is 0.550. The molecule has 0 spiro atoms. The van der Waals surface area contributed by atoms with E-state index in [-0.39, 0.29) is 5.91 Å². The van der Waals surface area contributed by atoms with Gasteiger partial charge in [0.15, 0.2) is 0 Å². The van der Waals surface area contributed by atoms with Gasteiger partial charge in [-0.05, 0) is 44.7 Å². The molecular formula is C20H28N4O2. The van der Waals surface area contributed by atoms with Gasteiger partial charge in [-0.1, -0.05) is 35.8 Å². The van der Waals surface area contributed by atoms with Crippen LogP contribution in [0.15, 0.2) is 28.8 Å². The first kappa shape index (κ1) is 18.6. The number of benzene rings is 1. The summed E-state index contributed by atoms with van der Waals surface area (Å²) in [5, 5.41) is 7.17. The summed E-state index contributed by atoms with van der Waals surface area (Å²) in [6.45, 7) is 7.48. The van der Waals surface area contributed by atoms with Gasteiger partial charge in [0.1, 0.15) is 0 Å². The number of aryl methyl sites for hydroxylation is 1. The molecule has 2 aromatic rings. The molecule has 1 atom stereocenters. The minimum Gasteiger partial charge on any atom is -0.356 e. The molecule has 1 unspecified atom stereocenters. The van der Waals surface area contributed by atoms with Crippen LogP contribution in [0.1, 0.15) is 44.1 Å². The molecule has 0 saturated carbocycles. The maximum Gasteiger partial charge on any atom is 0.241 e. The molecular weight excluding hydrogens is 328 g/mol. The molecule has 0 bridgehead atoms. The maximum atomic E-state index is 11.7. The topological polar surface area (TPSA) is 71.3 Å². The Morgan fingerprint density at radius 1 is 1.42 bits per heavy atom. The van der Waals surface area contributed by atoms with Crippen LogP contribution in [0.3, 0.4) is 0 Å². The highest BCUT2D eigenvalue weighted by Crippen LogP contribution is 2.20. The third kappa shape index (κ3) is 5.14. The summed E-state index contributed by atoms with van der Waals surface area (Å²) in [6.07, 6.45) is 3.79. The summed E-state index contributed by atoms with van der Waals surface area (Å²) in [5.41, 5.74) is 2.16. The minimum atomic E-state index is 0.157. The fourth-order valence-electron chi connectivity index (χ4n) is 3.45. The highest BCUT2D eigenvalue weighted by atomic mass is 16.5. The average molecular weight is 356 g/mol. The normalized spacial score (nSPS) is 18.0. The van der Waals surface area contributed by atoms with Crippen molar-refractivity contribution >= 4 is 5.91 Å². The number of carbonyl (C=O) groups excluding carboxylic acids is 1. The van der Waals surface area contributed by atoms with Crippen LogP contribution in [0, 0.1) is 12.8 Å². The first-order valence-electron chi connectivity index (χ1n) is 9.52. The Labute approximate surface area is 155 Å². The molecule has 1 N–H and O–H groups in total. The lowest BCUT2D eigenvalue weighted by atomic mass is 9.98. The number of nitrogens with one attached hydrogen (secondary N) is 1. The predicted molar refractivity (Wildman–Crippen MR) is 100 cm³/mol. The van der Waals surface area contributed by atoms with Crippen LogP contribution in [-0.2, 0) is 11.3 Å². The quantitative estimate of drug-likeness (QED) is 0.825. The van der Waals surface area contributed by atoms with E-state index >= 15 is 0 Å². The molecule has 6 heteroatoms. The SMILES string of the molecule is CCCC(=O)NCC1CCCN(Cc2nc(-c3cccc(C)c3)no2)C1. The Kier molecular flexibility index (Phi) is 6.39. The summed E-state index contributed by atoms with van der Waals surface area (Å²) in [5.74, 6) is 1.94. The van der Waals surface area contributed by atoms with Gasteiger partial charge in [-0.2, -0.15) is 4.98 Å². The largest absolute Gasteiger partial charge is 0.356 e. The molecule has 1 aliphatic rings. The molecule has 1 saturated heterocycles. The second kappa shape index (κ2) is 8.94. The van der Waals surface area contributed by atoms with Crippen molar-refractivity contribution in [1.29, 1.82) is 0 Å². The number of aromatic nitrogens is 2. The van der Waals surface area contributed by atoms with Gasteiger partial charge in [-0.25, -0.2) is 0 Å². The number of nitrogens with zero attached hydrogens (tertiary/aromatic N) is 3. The summed E-state index contributed by atoms with van der Waals surface area (Å²) in [6, 6.07) is 8.11. The molecule has 1 aliphatic heterocycles. The summed E-state index contributed by atoms with van der Waals surface area (Å²) in [7, 11) is 0. The van der Waals surface area contributed by atoms with E-state index < -0.39 is 0 Å². The van der Waals surface area contributed by atoms with Crippen LogP contribution in [0.25, 0.3) is 11.4 Å². The monoisotopic (exact) mass is 356 g/mol. The number of hydrogen-bond acceptors (Lipinski definition) is 5. The summed E-state index contributed by atoms with van der Waals surface area (Å²) >= 11 is 0. The van der Waals surface area contributed by atoms with E-state index in [4.69, 9.17) is 4.52 Å². The smallest absolute Gasteiger partial charge is 0.241 e. The lowest BCUT2D eigenvalue weighted by Gasteiger charge is -2.31. The molecule has 1 aromatic heterocycles. The van der Waals surface area contributed by atoms with E-state index in [0.717, 1.165) is 44.5 Å². The van der Waals surface area contributed by atoms with Crippen LogP contribution in [-0.4, -0.2) is 40.6 Å². The van der Waals surface area contributed by atoms with Crippen molar-refractivity contribution < 1.29 is 9.32 Å². The highest BCUT2D eigenvalue weighted by molar-refractivity contribution is 5.75. The van der Waals surface area contributed by atoms with Crippen molar-refractivity contribution in [3.05, 3.63) is 35.7 Å². The Bertz CT molecular complexity index is 728. The van der Waals surface area contributed by atoms with Crippen molar-refractivity contribution in [2.24, 2.45) is 5.92 Å². The lowest BCUT2D eigenvalue weighted by Crippen LogP contribution is -2.40. The van der Waals surface area contributed by atoms with Gasteiger partial charge in [0.05, 0.1) is 6.54 Å². The van der Waals surface area contributed by atoms with Crippen molar-refractivity contribution in [2.75, 3.05) is 19.6 Å². The molecule has 3 rings (SSSR count). The third-order valence-corrected chi connectivity index (χ3v) is 4.77. The molecule has 140 valence electrons. The van der Waals surface area contributed by atoms with Crippen LogP contribution in [0.4, 0.5) is 0 Å². The molecule has 0 aliphatic carbocycles. The Morgan fingerprint density at radius 3 is 3.12 bits per heavy atom. The second-order valence-electron chi connectivity index (χ2n) is 7.18. The standard InChI is InChI=1S/C20H28N4O2/c1-3-6-18(25)21-12-16-8-5-10-24(13-16)14-19-22-20(23-26-19)17-9-4-7-15(2)11-17/h4,7,9,11,16H,3,5-6,8,10,12-14H2,1-2H3,(H,21,25). The molecule has 6 nitrogen and oxygen atoms in total. The second-order valence-corrected chi connectivity index (χ2v) is 7.18. The minimum absolute atomic E-state index is 0.157. The zero-order chi connectivity index (χ0) is 18.4. The first-order chi connectivity index (χ1) is 12.6. The number of hydrogen-bond donors (Lipinski definition) is 1. The zero-order valence-electron chi connectivity index (χ0n) is 15.7. The average Bonchev–Trinajstić information content (AvgIpc) is 3.09. The van der Waals surface area contributed by atoms with E-state index in [2.05, 4.69) is 39.4 Å². The van der Waals surface area contributed by atoms with Crippen LogP contribution < -0.4 is 5.32 Å². The van der Waals surface area contributed by atoms with Crippen molar-refractivity contribution in [1.82, 2.24) is 20.4 Å². The van der Waals surface area contributed by atoms with Gasteiger partial charge < -0.3 is 9.84 Å².